The molecule has 106 valence electrons. The van der Waals surface area contributed by atoms with Crippen molar-refractivity contribution in [1.82, 2.24) is 9.78 Å². The van der Waals surface area contributed by atoms with E-state index in [4.69, 9.17) is 5.73 Å². The minimum absolute atomic E-state index is 0.143. The molecule has 0 spiro atoms. The summed E-state index contributed by atoms with van der Waals surface area (Å²) in [5.74, 6) is -0.0723. The molecular weight excluding hydrogens is 250 g/mol. The molecule has 1 heterocycles. The Morgan fingerprint density at radius 3 is 2.55 bits per heavy atom. The number of ketones is 1. The largest absolute Gasteiger partial charge is 0.323 e. The minimum Gasteiger partial charge on any atom is -0.323 e. The lowest BCUT2D eigenvalue weighted by Crippen LogP contribution is -2.27. The monoisotopic (exact) mass is 271 g/mol. The van der Waals surface area contributed by atoms with Crippen molar-refractivity contribution in [3.63, 3.8) is 0 Å². The van der Waals surface area contributed by atoms with Crippen LogP contribution in [0.2, 0.25) is 0 Å². The SMILES string of the molecule is Cc1cc(CC(=O)C(C)C(N)c2ccccc2)n(C)n1. The fourth-order valence-electron chi connectivity index (χ4n) is 2.33. The third-order valence-corrected chi connectivity index (χ3v) is 3.69. The van der Waals surface area contributed by atoms with Gasteiger partial charge in [0.15, 0.2) is 0 Å². The van der Waals surface area contributed by atoms with Gasteiger partial charge in [0.2, 0.25) is 0 Å². The van der Waals surface area contributed by atoms with Crippen LogP contribution in [0.5, 0.6) is 0 Å². The molecule has 0 bridgehead atoms. The number of benzene rings is 1. The molecule has 2 N–H and O–H groups in total. The predicted molar refractivity (Wildman–Crippen MR) is 79.2 cm³/mol. The summed E-state index contributed by atoms with van der Waals surface area (Å²) < 4.78 is 1.76. The van der Waals surface area contributed by atoms with E-state index in [1.54, 1.807) is 4.68 Å². The first-order chi connectivity index (χ1) is 9.49. The summed E-state index contributed by atoms with van der Waals surface area (Å²) in [4.78, 5) is 12.4. The van der Waals surface area contributed by atoms with Crippen molar-refractivity contribution in [3.8, 4) is 0 Å². The van der Waals surface area contributed by atoms with Crippen molar-refractivity contribution in [1.29, 1.82) is 0 Å². The highest BCUT2D eigenvalue weighted by Crippen LogP contribution is 2.21. The van der Waals surface area contributed by atoms with Crippen LogP contribution in [-0.4, -0.2) is 15.6 Å². The minimum atomic E-state index is -0.266. The van der Waals surface area contributed by atoms with Gasteiger partial charge in [-0.1, -0.05) is 37.3 Å². The molecule has 2 atom stereocenters. The van der Waals surface area contributed by atoms with Gasteiger partial charge in [0.25, 0.3) is 0 Å². The molecule has 0 aliphatic heterocycles. The highest BCUT2D eigenvalue weighted by atomic mass is 16.1. The summed E-state index contributed by atoms with van der Waals surface area (Å²) in [5.41, 5.74) is 9.04. The molecule has 20 heavy (non-hydrogen) atoms. The number of aromatic nitrogens is 2. The van der Waals surface area contributed by atoms with Crippen LogP contribution in [0.25, 0.3) is 0 Å². The van der Waals surface area contributed by atoms with Gasteiger partial charge in [0.05, 0.1) is 5.69 Å². The topological polar surface area (TPSA) is 60.9 Å². The van der Waals surface area contributed by atoms with E-state index in [0.29, 0.717) is 6.42 Å². The van der Waals surface area contributed by atoms with Gasteiger partial charge in [-0.2, -0.15) is 5.10 Å². The van der Waals surface area contributed by atoms with E-state index in [1.165, 1.54) is 0 Å². The first-order valence-electron chi connectivity index (χ1n) is 6.82. The van der Waals surface area contributed by atoms with Gasteiger partial charge in [0, 0.05) is 31.1 Å². The lowest BCUT2D eigenvalue weighted by Gasteiger charge is -2.19. The smallest absolute Gasteiger partial charge is 0.143 e. The fraction of sp³-hybridized carbons (Fsp3) is 0.375. The molecular formula is C16H21N3O. The second-order valence-corrected chi connectivity index (χ2v) is 5.27. The molecule has 2 unspecified atom stereocenters. The highest BCUT2D eigenvalue weighted by Gasteiger charge is 2.23. The summed E-state index contributed by atoms with van der Waals surface area (Å²) in [6, 6.07) is 11.4. The summed E-state index contributed by atoms with van der Waals surface area (Å²) in [6.45, 7) is 3.82. The zero-order valence-electron chi connectivity index (χ0n) is 12.2. The van der Waals surface area contributed by atoms with E-state index >= 15 is 0 Å². The van der Waals surface area contributed by atoms with Crippen LogP contribution in [0.15, 0.2) is 36.4 Å². The van der Waals surface area contributed by atoms with Crippen molar-refractivity contribution in [2.75, 3.05) is 0 Å². The van der Waals surface area contributed by atoms with Crippen molar-refractivity contribution >= 4 is 5.78 Å². The van der Waals surface area contributed by atoms with Gasteiger partial charge < -0.3 is 5.73 Å². The second-order valence-electron chi connectivity index (χ2n) is 5.27. The number of nitrogens with two attached hydrogens (primary N) is 1. The van der Waals surface area contributed by atoms with Crippen LogP contribution in [0.3, 0.4) is 0 Å². The van der Waals surface area contributed by atoms with E-state index in [1.807, 2.05) is 57.3 Å². The second kappa shape index (κ2) is 6.01. The maximum Gasteiger partial charge on any atom is 0.143 e. The van der Waals surface area contributed by atoms with E-state index < -0.39 is 0 Å². The number of rotatable bonds is 5. The Bertz CT molecular complexity index is 589. The molecule has 2 rings (SSSR count). The number of carbonyl (C=O) groups is 1. The molecule has 0 radical (unpaired) electrons. The molecule has 0 aliphatic rings. The average molecular weight is 271 g/mol. The van der Waals surface area contributed by atoms with E-state index in [2.05, 4.69) is 5.10 Å². The molecule has 1 aromatic carbocycles. The van der Waals surface area contributed by atoms with Crippen molar-refractivity contribution in [2.24, 2.45) is 18.7 Å². The zero-order valence-corrected chi connectivity index (χ0v) is 12.2. The molecule has 0 amide bonds. The molecule has 0 fully saturated rings. The van der Waals surface area contributed by atoms with Crippen LogP contribution in [0, 0.1) is 12.8 Å². The standard InChI is InChI=1S/C16H21N3O/c1-11-9-14(19(3)18-11)10-15(20)12(2)16(17)13-7-5-4-6-8-13/h4-9,12,16H,10,17H2,1-3H3. The number of Topliss-reactive ketones (excluding diaryl/α,β-unsaturated/α-hetero) is 1. The van der Waals surface area contributed by atoms with Crippen molar-refractivity contribution in [2.45, 2.75) is 26.3 Å². The van der Waals surface area contributed by atoms with Gasteiger partial charge in [-0.3, -0.25) is 9.48 Å². The van der Waals surface area contributed by atoms with Crippen molar-refractivity contribution < 1.29 is 4.79 Å². The highest BCUT2D eigenvalue weighted by molar-refractivity contribution is 5.83. The number of hydrogen-bond acceptors (Lipinski definition) is 3. The van der Waals surface area contributed by atoms with Crippen LogP contribution in [0.1, 0.15) is 29.9 Å². The quantitative estimate of drug-likeness (QED) is 0.906. The Balaban J connectivity index is 2.07. The molecule has 1 aromatic heterocycles. The Morgan fingerprint density at radius 2 is 2.00 bits per heavy atom. The third kappa shape index (κ3) is 3.14. The molecule has 4 heteroatoms. The molecule has 0 saturated heterocycles. The van der Waals surface area contributed by atoms with Gasteiger partial charge in [-0.25, -0.2) is 0 Å². The molecule has 0 saturated carbocycles. The van der Waals surface area contributed by atoms with Crippen LogP contribution >= 0.6 is 0 Å². The number of nitrogens with zero attached hydrogens (tertiary/aromatic N) is 2. The van der Waals surface area contributed by atoms with Crippen molar-refractivity contribution in [3.05, 3.63) is 53.3 Å². The zero-order chi connectivity index (χ0) is 14.7. The Morgan fingerprint density at radius 1 is 1.35 bits per heavy atom. The number of carbonyl (C=O) groups excluding carboxylic acids is 1. The van der Waals surface area contributed by atoms with E-state index in [-0.39, 0.29) is 17.7 Å². The number of aryl methyl sites for hydroxylation is 2. The summed E-state index contributed by atoms with van der Waals surface area (Å²) in [7, 11) is 1.86. The Labute approximate surface area is 119 Å². The van der Waals surface area contributed by atoms with Crippen LogP contribution in [-0.2, 0) is 18.3 Å². The predicted octanol–water partition coefficient (Wildman–Crippen LogP) is 2.18. The molecule has 2 aromatic rings. The molecule has 4 nitrogen and oxygen atoms in total. The lowest BCUT2D eigenvalue weighted by molar-refractivity contribution is -0.122. The van der Waals surface area contributed by atoms with E-state index in [0.717, 1.165) is 17.0 Å². The number of hydrogen-bond donors (Lipinski definition) is 1. The summed E-state index contributed by atoms with van der Waals surface area (Å²) >= 11 is 0. The molecule has 0 aliphatic carbocycles. The van der Waals surface area contributed by atoms with Gasteiger partial charge in [-0.15, -0.1) is 0 Å². The maximum atomic E-state index is 12.4. The van der Waals surface area contributed by atoms with Crippen LogP contribution in [0.4, 0.5) is 0 Å². The van der Waals surface area contributed by atoms with Gasteiger partial charge >= 0.3 is 0 Å². The van der Waals surface area contributed by atoms with Crippen LogP contribution < -0.4 is 5.73 Å². The summed E-state index contributed by atoms with van der Waals surface area (Å²) in [6.07, 6.45) is 0.374. The normalized spacial score (nSPS) is 14.0. The Kier molecular flexibility index (Phi) is 4.35. The first-order valence-corrected chi connectivity index (χ1v) is 6.82. The lowest BCUT2D eigenvalue weighted by atomic mass is 9.90. The first kappa shape index (κ1) is 14.5. The van der Waals surface area contributed by atoms with E-state index in [9.17, 15) is 4.79 Å². The summed E-state index contributed by atoms with van der Waals surface area (Å²) in [5, 5.41) is 4.26. The van der Waals surface area contributed by atoms with Gasteiger partial charge in [0.1, 0.15) is 5.78 Å². The maximum absolute atomic E-state index is 12.4. The van der Waals surface area contributed by atoms with Gasteiger partial charge in [-0.05, 0) is 18.6 Å². The Hall–Kier alpha value is -1.94. The fourth-order valence-corrected chi connectivity index (χ4v) is 2.33. The third-order valence-electron chi connectivity index (χ3n) is 3.69. The average Bonchev–Trinajstić information content (AvgIpc) is 2.76.